The molecular formula is C12H15Br2NO. The van der Waals surface area contributed by atoms with Crippen LogP contribution in [-0.2, 0) is 10.3 Å². The van der Waals surface area contributed by atoms with Crippen LogP contribution in [-0.4, -0.2) is 5.72 Å². The Morgan fingerprint density at radius 1 is 1.12 bits per heavy atom. The first-order valence-corrected chi connectivity index (χ1v) is 6.78. The van der Waals surface area contributed by atoms with Gasteiger partial charge in [-0.3, -0.25) is 0 Å². The molecule has 0 atom stereocenters. The number of hydrogen-bond donors (Lipinski definition) is 1. The van der Waals surface area contributed by atoms with E-state index in [2.05, 4.69) is 57.1 Å². The third kappa shape index (κ3) is 2.15. The molecule has 0 fully saturated rings. The lowest BCUT2D eigenvalue weighted by molar-refractivity contribution is -0.119. The first-order chi connectivity index (χ1) is 7.21. The van der Waals surface area contributed by atoms with Crippen molar-refractivity contribution in [1.29, 1.82) is 0 Å². The van der Waals surface area contributed by atoms with Gasteiger partial charge in [-0.15, -0.1) is 0 Å². The van der Waals surface area contributed by atoms with Crippen molar-refractivity contribution in [2.75, 3.05) is 5.32 Å². The molecule has 1 aromatic rings. The molecule has 16 heavy (non-hydrogen) atoms. The Bertz CT molecular complexity index is 441. The van der Waals surface area contributed by atoms with Crippen LogP contribution in [0.2, 0.25) is 0 Å². The van der Waals surface area contributed by atoms with Crippen molar-refractivity contribution < 1.29 is 4.74 Å². The van der Waals surface area contributed by atoms with Gasteiger partial charge in [-0.25, -0.2) is 0 Å². The lowest BCUT2D eigenvalue weighted by Crippen LogP contribution is -2.46. The number of anilines is 1. The molecule has 0 aliphatic carbocycles. The molecule has 1 aliphatic heterocycles. The summed E-state index contributed by atoms with van der Waals surface area (Å²) in [6.07, 6.45) is 0. The maximum absolute atomic E-state index is 6.04. The molecule has 0 saturated carbocycles. The molecule has 0 radical (unpaired) electrons. The second-order valence-corrected chi connectivity index (χ2v) is 6.83. The van der Waals surface area contributed by atoms with Crippen molar-refractivity contribution >= 4 is 37.5 Å². The van der Waals surface area contributed by atoms with Gasteiger partial charge in [0.15, 0.2) is 0 Å². The molecule has 0 spiro atoms. The van der Waals surface area contributed by atoms with E-state index in [4.69, 9.17) is 4.74 Å². The second kappa shape index (κ2) is 3.72. The zero-order valence-electron chi connectivity index (χ0n) is 9.82. The van der Waals surface area contributed by atoms with Gasteiger partial charge in [0.1, 0.15) is 5.72 Å². The Labute approximate surface area is 113 Å². The van der Waals surface area contributed by atoms with Gasteiger partial charge in [0, 0.05) is 14.5 Å². The maximum atomic E-state index is 6.04. The molecule has 1 aliphatic rings. The van der Waals surface area contributed by atoms with E-state index >= 15 is 0 Å². The first-order valence-electron chi connectivity index (χ1n) is 5.19. The average Bonchev–Trinajstić information content (AvgIpc) is 2.05. The zero-order chi connectivity index (χ0) is 12.1. The Hall–Kier alpha value is -0.0600. The molecule has 88 valence electrons. The normalized spacial score (nSPS) is 21.1. The molecule has 1 N–H and O–H groups in total. The average molecular weight is 349 g/mol. The second-order valence-electron chi connectivity index (χ2n) is 5.06. The predicted molar refractivity (Wildman–Crippen MR) is 73.7 cm³/mol. The number of ether oxygens (including phenoxy) is 1. The smallest absolute Gasteiger partial charge is 0.134 e. The van der Waals surface area contributed by atoms with Crippen molar-refractivity contribution in [1.82, 2.24) is 0 Å². The number of benzene rings is 1. The van der Waals surface area contributed by atoms with Gasteiger partial charge in [-0.05, 0) is 55.8 Å². The molecule has 0 bridgehead atoms. The highest BCUT2D eigenvalue weighted by Gasteiger charge is 2.38. The molecule has 0 amide bonds. The van der Waals surface area contributed by atoms with E-state index in [1.165, 1.54) is 0 Å². The highest BCUT2D eigenvalue weighted by atomic mass is 79.9. The third-order valence-electron chi connectivity index (χ3n) is 2.64. The summed E-state index contributed by atoms with van der Waals surface area (Å²) in [6, 6.07) is 4.14. The van der Waals surface area contributed by atoms with E-state index in [1.807, 2.05) is 19.9 Å². The van der Waals surface area contributed by atoms with Crippen LogP contribution < -0.4 is 5.32 Å². The number of hydrogen-bond acceptors (Lipinski definition) is 2. The molecule has 1 heterocycles. The van der Waals surface area contributed by atoms with Gasteiger partial charge >= 0.3 is 0 Å². The largest absolute Gasteiger partial charge is 0.357 e. The Morgan fingerprint density at radius 3 is 2.38 bits per heavy atom. The molecule has 1 aromatic carbocycles. The maximum Gasteiger partial charge on any atom is 0.134 e. The van der Waals surface area contributed by atoms with Crippen molar-refractivity contribution in [2.24, 2.45) is 0 Å². The number of nitrogens with one attached hydrogen (secondary N) is 1. The van der Waals surface area contributed by atoms with Gasteiger partial charge in [0.25, 0.3) is 0 Å². The minimum absolute atomic E-state index is 0.295. The fraction of sp³-hybridized carbons (Fsp3) is 0.500. The van der Waals surface area contributed by atoms with Crippen LogP contribution in [0.4, 0.5) is 5.69 Å². The highest BCUT2D eigenvalue weighted by Crippen LogP contribution is 2.45. The number of halogens is 2. The number of fused-ring (bicyclic) bond motifs is 1. The van der Waals surface area contributed by atoms with Crippen molar-refractivity contribution in [3.63, 3.8) is 0 Å². The van der Waals surface area contributed by atoms with Gasteiger partial charge in [0.2, 0.25) is 0 Å². The van der Waals surface area contributed by atoms with Crippen LogP contribution in [0.15, 0.2) is 21.1 Å². The lowest BCUT2D eigenvalue weighted by atomic mass is 9.93. The van der Waals surface area contributed by atoms with Crippen molar-refractivity contribution in [2.45, 2.75) is 39.0 Å². The van der Waals surface area contributed by atoms with Crippen molar-refractivity contribution in [3.05, 3.63) is 26.6 Å². The van der Waals surface area contributed by atoms with Crippen LogP contribution >= 0.6 is 31.9 Å². The summed E-state index contributed by atoms with van der Waals surface area (Å²) in [5, 5.41) is 3.40. The molecular weight excluding hydrogens is 334 g/mol. The van der Waals surface area contributed by atoms with Crippen LogP contribution in [0, 0.1) is 0 Å². The van der Waals surface area contributed by atoms with Crippen LogP contribution in [0.3, 0.4) is 0 Å². The topological polar surface area (TPSA) is 21.3 Å². The molecule has 4 heteroatoms. The summed E-state index contributed by atoms with van der Waals surface area (Å²) in [5.74, 6) is 0. The third-order valence-corrected chi connectivity index (χ3v) is 3.72. The highest BCUT2D eigenvalue weighted by molar-refractivity contribution is 9.11. The molecule has 0 aromatic heterocycles. The van der Waals surface area contributed by atoms with E-state index < -0.39 is 0 Å². The molecule has 0 saturated heterocycles. The minimum atomic E-state index is -0.354. The van der Waals surface area contributed by atoms with E-state index in [9.17, 15) is 0 Å². The summed E-state index contributed by atoms with van der Waals surface area (Å²) in [4.78, 5) is 0. The quantitative estimate of drug-likeness (QED) is 0.738. The molecule has 2 nitrogen and oxygen atoms in total. The van der Waals surface area contributed by atoms with Gasteiger partial charge in [0.05, 0.1) is 11.3 Å². The predicted octanol–water partition coefficient (Wildman–Crippen LogP) is 4.62. The summed E-state index contributed by atoms with van der Waals surface area (Å²) in [5.41, 5.74) is 1.63. The van der Waals surface area contributed by atoms with Gasteiger partial charge in [-0.2, -0.15) is 0 Å². The molecule has 0 unspecified atom stereocenters. The standard InChI is InChI=1S/C12H15Br2NO/c1-11(2)8-5-7(13)6-9(14)10(8)15-12(3,4)16-11/h5-6,15H,1-4H3. The SMILES string of the molecule is CC1(C)Nc2c(Br)cc(Br)cc2C(C)(C)O1. The number of rotatable bonds is 0. The first kappa shape index (κ1) is 12.4. The summed E-state index contributed by atoms with van der Waals surface area (Å²) in [7, 11) is 0. The fourth-order valence-corrected chi connectivity index (χ4v) is 3.52. The van der Waals surface area contributed by atoms with Gasteiger partial charge < -0.3 is 10.1 Å². The Morgan fingerprint density at radius 2 is 1.75 bits per heavy atom. The van der Waals surface area contributed by atoms with Crippen LogP contribution in [0.25, 0.3) is 0 Å². The zero-order valence-corrected chi connectivity index (χ0v) is 13.0. The van der Waals surface area contributed by atoms with E-state index in [0.29, 0.717) is 0 Å². The monoisotopic (exact) mass is 347 g/mol. The van der Waals surface area contributed by atoms with Gasteiger partial charge in [-0.1, -0.05) is 15.9 Å². The molecule has 2 rings (SSSR count). The summed E-state index contributed by atoms with van der Waals surface area (Å²) < 4.78 is 8.15. The Kier molecular flexibility index (Phi) is 2.88. The van der Waals surface area contributed by atoms with E-state index in [0.717, 1.165) is 20.2 Å². The fourth-order valence-electron chi connectivity index (χ4n) is 2.19. The van der Waals surface area contributed by atoms with Crippen LogP contribution in [0.5, 0.6) is 0 Å². The lowest BCUT2D eigenvalue weighted by Gasteiger charge is -2.44. The summed E-state index contributed by atoms with van der Waals surface area (Å²) in [6.45, 7) is 8.25. The van der Waals surface area contributed by atoms with Crippen molar-refractivity contribution in [3.8, 4) is 0 Å². The van der Waals surface area contributed by atoms with E-state index in [1.54, 1.807) is 0 Å². The minimum Gasteiger partial charge on any atom is -0.357 e. The summed E-state index contributed by atoms with van der Waals surface area (Å²) >= 11 is 7.10. The van der Waals surface area contributed by atoms with E-state index in [-0.39, 0.29) is 11.3 Å². The van der Waals surface area contributed by atoms with Crippen LogP contribution in [0.1, 0.15) is 33.3 Å². The Balaban J connectivity index is 2.64.